The number of hydrogen-bond acceptors (Lipinski definition) is 3. The molecule has 0 radical (unpaired) electrons. The molecular formula is C11H13N3O. The third-order valence-electron chi connectivity index (χ3n) is 2.01. The molecule has 0 aliphatic heterocycles. The quantitative estimate of drug-likeness (QED) is 0.827. The minimum Gasteiger partial charge on any atom is -0.471 e. The van der Waals surface area contributed by atoms with Crippen molar-refractivity contribution < 1.29 is 4.74 Å². The van der Waals surface area contributed by atoms with Crippen molar-refractivity contribution in [1.82, 2.24) is 9.78 Å². The van der Waals surface area contributed by atoms with Gasteiger partial charge in [-0.1, -0.05) is 12.1 Å². The molecule has 0 saturated heterocycles. The van der Waals surface area contributed by atoms with Crippen LogP contribution in [0.3, 0.4) is 0 Å². The number of nitrogens with two attached hydrogens (primary N) is 1. The molecule has 0 unspecified atom stereocenters. The second-order valence-corrected chi connectivity index (χ2v) is 3.37. The fourth-order valence-corrected chi connectivity index (χ4v) is 1.30. The molecule has 0 amide bonds. The van der Waals surface area contributed by atoms with E-state index in [1.165, 1.54) is 5.56 Å². The lowest BCUT2D eigenvalue weighted by Crippen LogP contribution is -2.06. The Balaban J connectivity index is 1.99. The summed E-state index contributed by atoms with van der Waals surface area (Å²) in [7, 11) is 0. The Morgan fingerprint density at radius 2 is 2.27 bits per heavy atom. The van der Waals surface area contributed by atoms with Crippen molar-refractivity contribution in [1.29, 1.82) is 0 Å². The molecular weight excluding hydrogens is 190 g/mol. The molecule has 1 heterocycles. The molecule has 0 fully saturated rings. The Morgan fingerprint density at radius 3 is 2.93 bits per heavy atom. The summed E-state index contributed by atoms with van der Waals surface area (Å²) >= 11 is 0. The van der Waals surface area contributed by atoms with E-state index in [-0.39, 0.29) is 0 Å². The lowest BCUT2D eigenvalue weighted by molar-refractivity contribution is 0.221. The van der Waals surface area contributed by atoms with Gasteiger partial charge in [-0.15, -0.1) is 0 Å². The Kier molecular flexibility index (Phi) is 2.58. The van der Waals surface area contributed by atoms with Crippen LogP contribution in [0.5, 0.6) is 5.75 Å². The van der Waals surface area contributed by atoms with E-state index in [0.717, 1.165) is 5.75 Å². The lowest BCUT2D eigenvalue weighted by atomic mass is 10.2. The van der Waals surface area contributed by atoms with Crippen LogP contribution in [0, 0.1) is 6.92 Å². The highest BCUT2D eigenvalue weighted by Gasteiger charge is 1.96. The van der Waals surface area contributed by atoms with Crippen LogP contribution in [-0.2, 0) is 6.73 Å². The molecule has 2 rings (SSSR count). The van der Waals surface area contributed by atoms with Crippen molar-refractivity contribution in [2.75, 3.05) is 5.73 Å². The maximum absolute atomic E-state index is 5.53. The first kappa shape index (κ1) is 9.58. The van der Waals surface area contributed by atoms with Gasteiger partial charge in [-0.05, 0) is 24.6 Å². The van der Waals surface area contributed by atoms with E-state index in [1.54, 1.807) is 16.9 Å². The van der Waals surface area contributed by atoms with E-state index in [4.69, 9.17) is 10.5 Å². The summed E-state index contributed by atoms with van der Waals surface area (Å²) in [4.78, 5) is 0. The van der Waals surface area contributed by atoms with Crippen LogP contribution in [0.4, 0.5) is 5.82 Å². The van der Waals surface area contributed by atoms with Gasteiger partial charge in [0.15, 0.2) is 6.73 Å². The molecule has 0 aliphatic rings. The second kappa shape index (κ2) is 4.04. The van der Waals surface area contributed by atoms with Gasteiger partial charge < -0.3 is 10.5 Å². The van der Waals surface area contributed by atoms with Gasteiger partial charge >= 0.3 is 0 Å². The van der Waals surface area contributed by atoms with Crippen molar-refractivity contribution >= 4 is 5.82 Å². The normalized spacial score (nSPS) is 10.2. The van der Waals surface area contributed by atoms with E-state index in [1.807, 2.05) is 31.2 Å². The first-order chi connectivity index (χ1) is 7.24. The number of benzene rings is 1. The molecule has 0 atom stereocenters. The van der Waals surface area contributed by atoms with Gasteiger partial charge in [0.1, 0.15) is 11.6 Å². The number of nitrogens with zero attached hydrogens (tertiary/aromatic N) is 2. The van der Waals surface area contributed by atoms with Crippen LogP contribution in [0.15, 0.2) is 36.5 Å². The molecule has 2 N–H and O–H groups in total. The monoisotopic (exact) mass is 203 g/mol. The average molecular weight is 203 g/mol. The summed E-state index contributed by atoms with van der Waals surface area (Å²) in [5.74, 6) is 1.34. The highest BCUT2D eigenvalue weighted by molar-refractivity contribution is 5.27. The SMILES string of the molecule is Cc1cccc(OCn2ccc(N)n2)c1. The molecule has 0 bridgehead atoms. The molecule has 15 heavy (non-hydrogen) atoms. The third kappa shape index (κ3) is 2.49. The van der Waals surface area contributed by atoms with Gasteiger partial charge in [0, 0.05) is 12.3 Å². The number of hydrogen-bond donors (Lipinski definition) is 1. The van der Waals surface area contributed by atoms with E-state index < -0.39 is 0 Å². The minimum atomic E-state index is 0.376. The van der Waals surface area contributed by atoms with Gasteiger partial charge in [0.05, 0.1) is 0 Å². The first-order valence-corrected chi connectivity index (χ1v) is 4.72. The van der Waals surface area contributed by atoms with Crippen LogP contribution >= 0.6 is 0 Å². The molecule has 4 nitrogen and oxygen atoms in total. The zero-order chi connectivity index (χ0) is 10.7. The Labute approximate surface area is 88.3 Å². The summed E-state index contributed by atoms with van der Waals surface area (Å²) < 4.78 is 7.18. The van der Waals surface area contributed by atoms with Crippen molar-refractivity contribution in [3.63, 3.8) is 0 Å². The number of rotatable bonds is 3. The Morgan fingerprint density at radius 1 is 1.40 bits per heavy atom. The summed E-state index contributed by atoms with van der Waals surface area (Å²) in [5.41, 5.74) is 6.66. The smallest absolute Gasteiger partial charge is 0.180 e. The van der Waals surface area contributed by atoms with Crippen LogP contribution in [-0.4, -0.2) is 9.78 Å². The third-order valence-corrected chi connectivity index (χ3v) is 2.01. The lowest BCUT2D eigenvalue weighted by Gasteiger charge is -2.06. The molecule has 0 spiro atoms. The molecule has 2 aromatic rings. The molecule has 0 aliphatic carbocycles. The summed E-state index contributed by atoms with van der Waals surface area (Å²) in [6.45, 7) is 2.40. The fraction of sp³-hybridized carbons (Fsp3) is 0.182. The summed E-state index contributed by atoms with van der Waals surface area (Å²) in [5, 5.41) is 4.02. The Bertz CT molecular complexity index is 451. The van der Waals surface area contributed by atoms with Crippen molar-refractivity contribution in [2.45, 2.75) is 13.7 Å². The topological polar surface area (TPSA) is 53.1 Å². The van der Waals surface area contributed by atoms with Crippen LogP contribution in [0.2, 0.25) is 0 Å². The predicted octanol–water partition coefficient (Wildman–Crippen LogP) is 1.81. The molecule has 78 valence electrons. The minimum absolute atomic E-state index is 0.376. The van der Waals surface area contributed by atoms with Crippen molar-refractivity contribution in [2.24, 2.45) is 0 Å². The zero-order valence-electron chi connectivity index (χ0n) is 8.55. The van der Waals surface area contributed by atoms with Crippen LogP contribution in [0.25, 0.3) is 0 Å². The van der Waals surface area contributed by atoms with E-state index in [0.29, 0.717) is 12.5 Å². The van der Waals surface area contributed by atoms with Crippen LogP contribution in [0.1, 0.15) is 5.56 Å². The van der Waals surface area contributed by atoms with Crippen molar-refractivity contribution in [3.05, 3.63) is 42.1 Å². The average Bonchev–Trinajstić information content (AvgIpc) is 2.62. The predicted molar refractivity (Wildman–Crippen MR) is 58.4 cm³/mol. The number of nitrogen functional groups attached to an aromatic ring is 1. The zero-order valence-corrected chi connectivity index (χ0v) is 8.55. The number of anilines is 1. The van der Waals surface area contributed by atoms with E-state index >= 15 is 0 Å². The molecule has 1 aromatic carbocycles. The van der Waals surface area contributed by atoms with Crippen LogP contribution < -0.4 is 10.5 Å². The fourth-order valence-electron chi connectivity index (χ4n) is 1.30. The van der Waals surface area contributed by atoms with Gasteiger partial charge in [-0.3, -0.25) is 0 Å². The Hall–Kier alpha value is -1.97. The highest BCUT2D eigenvalue weighted by atomic mass is 16.5. The molecule has 4 heteroatoms. The number of aryl methyl sites for hydroxylation is 1. The van der Waals surface area contributed by atoms with Gasteiger partial charge in [0.2, 0.25) is 0 Å². The summed E-state index contributed by atoms with van der Waals surface area (Å²) in [6, 6.07) is 9.62. The van der Waals surface area contributed by atoms with Gasteiger partial charge in [0.25, 0.3) is 0 Å². The highest BCUT2D eigenvalue weighted by Crippen LogP contribution is 2.12. The number of ether oxygens (including phenoxy) is 1. The maximum atomic E-state index is 5.53. The molecule has 0 saturated carbocycles. The first-order valence-electron chi connectivity index (χ1n) is 4.72. The van der Waals surface area contributed by atoms with Gasteiger partial charge in [-0.2, -0.15) is 5.10 Å². The van der Waals surface area contributed by atoms with Crippen molar-refractivity contribution in [3.8, 4) is 5.75 Å². The largest absolute Gasteiger partial charge is 0.471 e. The maximum Gasteiger partial charge on any atom is 0.180 e. The molecule has 1 aromatic heterocycles. The number of aromatic nitrogens is 2. The second-order valence-electron chi connectivity index (χ2n) is 3.37. The van der Waals surface area contributed by atoms with E-state index in [9.17, 15) is 0 Å². The standard InChI is InChI=1S/C11H13N3O/c1-9-3-2-4-10(7-9)15-8-14-6-5-11(12)13-14/h2-7H,8H2,1H3,(H2,12,13). The summed E-state index contributed by atoms with van der Waals surface area (Å²) in [6.07, 6.45) is 1.78. The van der Waals surface area contributed by atoms with E-state index in [2.05, 4.69) is 5.10 Å². The van der Waals surface area contributed by atoms with Gasteiger partial charge in [-0.25, -0.2) is 4.68 Å².